The van der Waals surface area contributed by atoms with Crippen LogP contribution in [0, 0.1) is 5.92 Å². The predicted molar refractivity (Wildman–Crippen MR) is 85.5 cm³/mol. The normalized spacial score (nSPS) is 15.9. The second kappa shape index (κ2) is 6.48. The van der Waals surface area contributed by atoms with Crippen LogP contribution in [0.5, 0.6) is 5.75 Å². The van der Waals surface area contributed by atoms with Gasteiger partial charge in [-0.15, -0.1) is 0 Å². The number of nitrogens with two attached hydrogens (primary N) is 1. The Kier molecular flexibility index (Phi) is 4.24. The number of benzene rings is 1. The third-order valence-corrected chi connectivity index (χ3v) is 4.01. The molecule has 1 saturated heterocycles. The molecule has 4 nitrogen and oxygen atoms in total. The highest BCUT2D eigenvalue weighted by molar-refractivity contribution is 5.45. The molecular formula is C17H21N3O. The maximum absolute atomic E-state index is 5.86. The van der Waals surface area contributed by atoms with Gasteiger partial charge in [-0.3, -0.25) is 4.98 Å². The molecule has 4 heteroatoms. The summed E-state index contributed by atoms with van der Waals surface area (Å²) in [5.41, 5.74) is 7.71. The highest BCUT2D eigenvalue weighted by Crippen LogP contribution is 2.23. The zero-order chi connectivity index (χ0) is 14.5. The molecule has 2 N–H and O–H groups in total. The maximum Gasteiger partial charge on any atom is 0.119 e. The van der Waals surface area contributed by atoms with Crippen LogP contribution in [0.4, 0.5) is 11.4 Å². The van der Waals surface area contributed by atoms with Crippen LogP contribution in [0.2, 0.25) is 0 Å². The van der Waals surface area contributed by atoms with E-state index in [1.807, 2.05) is 36.7 Å². The topological polar surface area (TPSA) is 51.4 Å². The number of pyridine rings is 1. The smallest absolute Gasteiger partial charge is 0.119 e. The first-order chi connectivity index (χ1) is 10.3. The van der Waals surface area contributed by atoms with Crippen molar-refractivity contribution in [2.75, 3.05) is 30.3 Å². The highest BCUT2D eigenvalue weighted by Gasteiger charge is 2.19. The summed E-state index contributed by atoms with van der Waals surface area (Å²) >= 11 is 0. The van der Waals surface area contributed by atoms with E-state index < -0.39 is 0 Å². The summed E-state index contributed by atoms with van der Waals surface area (Å²) in [5.74, 6) is 1.53. The van der Waals surface area contributed by atoms with E-state index >= 15 is 0 Å². The molecule has 21 heavy (non-hydrogen) atoms. The molecule has 0 atom stereocenters. The van der Waals surface area contributed by atoms with Gasteiger partial charge in [-0.1, -0.05) is 0 Å². The van der Waals surface area contributed by atoms with Gasteiger partial charge in [-0.05, 0) is 55.2 Å². The van der Waals surface area contributed by atoms with E-state index in [2.05, 4.69) is 22.0 Å². The molecule has 2 aromatic rings. The fourth-order valence-electron chi connectivity index (χ4n) is 2.69. The number of nitrogen functional groups attached to an aromatic ring is 1. The van der Waals surface area contributed by atoms with Crippen LogP contribution in [-0.2, 0) is 0 Å². The monoisotopic (exact) mass is 283 g/mol. The molecule has 0 radical (unpaired) electrons. The fraction of sp³-hybridized carbons (Fsp3) is 0.353. The lowest BCUT2D eigenvalue weighted by Gasteiger charge is -2.33. The molecule has 2 heterocycles. The van der Waals surface area contributed by atoms with Crippen molar-refractivity contribution in [2.45, 2.75) is 12.8 Å². The van der Waals surface area contributed by atoms with Crippen molar-refractivity contribution in [2.24, 2.45) is 5.92 Å². The Labute approximate surface area is 125 Å². The quantitative estimate of drug-likeness (QED) is 0.877. The number of aromatic nitrogens is 1. The molecule has 0 bridgehead atoms. The molecule has 1 aromatic carbocycles. The van der Waals surface area contributed by atoms with E-state index in [1.165, 1.54) is 5.69 Å². The van der Waals surface area contributed by atoms with Crippen LogP contribution < -0.4 is 15.4 Å². The van der Waals surface area contributed by atoms with Gasteiger partial charge in [0, 0.05) is 36.9 Å². The standard InChI is InChI=1S/C17H21N3O/c18-15-1-3-17(4-2-15)21-13-14-7-11-20(12-8-14)16-5-9-19-10-6-16/h1-6,9-10,14H,7-8,11-13,18H2. The van der Waals surface area contributed by atoms with Crippen LogP contribution in [0.25, 0.3) is 0 Å². The molecule has 1 aromatic heterocycles. The molecule has 1 aliphatic heterocycles. The lowest BCUT2D eigenvalue weighted by atomic mass is 9.97. The number of hydrogen-bond acceptors (Lipinski definition) is 4. The molecule has 0 spiro atoms. The molecule has 3 rings (SSSR count). The summed E-state index contributed by atoms with van der Waals surface area (Å²) < 4.78 is 5.86. The molecule has 0 amide bonds. The Balaban J connectivity index is 1.47. The lowest BCUT2D eigenvalue weighted by Crippen LogP contribution is -2.35. The fourth-order valence-corrected chi connectivity index (χ4v) is 2.69. The van der Waals surface area contributed by atoms with Gasteiger partial charge >= 0.3 is 0 Å². The van der Waals surface area contributed by atoms with E-state index in [4.69, 9.17) is 10.5 Å². The Hall–Kier alpha value is -2.23. The molecule has 110 valence electrons. The Morgan fingerprint density at radius 3 is 2.38 bits per heavy atom. The summed E-state index contributed by atoms with van der Waals surface area (Å²) in [5, 5.41) is 0. The third-order valence-electron chi connectivity index (χ3n) is 4.01. The van der Waals surface area contributed by atoms with Crippen molar-refractivity contribution in [1.82, 2.24) is 4.98 Å². The molecule has 1 fully saturated rings. The van der Waals surface area contributed by atoms with Gasteiger partial charge in [0.25, 0.3) is 0 Å². The van der Waals surface area contributed by atoms with Crippen LogP contribution >= 0.6 is 0 Å². The van der Waals surface area contributed by atoms with Gasteiger partial charge in [-0.2, -0.15) is 0 Å². The van der Waals surface area contributed by atoms with Crippen molar-refractivity contribution in [3.63, 3.8) is 0 Å². The van der Waals surface area contributed by atoms with Crippen molar-refractivity contribution < 1.29 is 4.74 Å². The molecular weight excluding hydrogens is 262 g/mol. The van der Waals surface area contributed by atoms with Crippen LogP contribution in [0.15, 0.2) is 48.8 Å². The van der Waals surface area contributed by atoms with Gasteiger partial charge in [0.15, 0.2) is 0 Å². The Morgan fingerprint density at radius 1 is 1.05 bits per heavy atom. The minimum absolute atomic E-state index is 0.626. The van der Waals surface area contributed by atoms with Crippen molar-refractivity contribution in [3.8, 4) is 5.75 Å². The number of ether oxygens (including phenoxy) is 1. The van der Waals surface area contributed by atoms with Crippen LogP contribution in [-0.4, -0.2) is 24.7 Å². The van der Waals surface area contributed by atoms with Crippen molar-refractivity contribution in [3.05, 3.63) is 48.8 Å². The Morgan fingerprint density at radius 2 is 1.71 bits per heavy atom. The molecule has 0 aliphatic carbocycles. The number of anilines is 2. The molecule has 1 aliphatic rings. The van der Waals surface area contributed by atoms with Crippen molar-refractivity contribution >= 4 is 11.4 Å². The van der Waals surface area contributed by atoms with E-state index in [0.717, 1.165) is 44.0 Å². The SMILES string of the molecule is Nc1ccc(OCC2CCN(c3ccncc3)CC2)cc1. The number of rotatable bonds is 4. The highest BCUT2D eigenvalue weighted by atomic mass is 16.5. The summed E-state index contributed by atoms with van der Waals surface area (Å²) in [6.45, 7) is 2.95. The number of nitrogens with zero attached hydrogens (tertiary/aromatic N) is 2. The van der Waals surface area contributed by atoms with Gasteiger partial charge in [0.2, 0.25) is 0 Å². The summed E-state index contributed by atoms with van der Waals surface area (Å²) in [4.78, 5) is 6.49. The minimum atomic E-state index is 0.626. The molecule has 0 saturated carbocycles. The third kappa shape index (κ3) is 3.66. The first-order valence-corrected chi connectivity index (χ1v) is 7.44. The summed E-state index contributed by atoms with van der Waals surface area (Å²) in [6.07, 6.45) is 6.03. The first kappa shape index (κ1) is 13.7. The van der Waals surface area contributed by atoms with Gasteiger partial charge in [0.05, 0.1) is 6.61 Å². The van der Waals surface area contributed by atoms with Gasteiger partial charge in [0.1, 0.15) is 5.75 Å². The van der Waals surface area contributed by atoms with E-state index in [1.54, 1.807) is 0 Å². The zero-order valence-corrected chi connectivity index (χ0v) is 12.1. The maximum atomic E-state index is 5.86. The van der Waals surface area contributed by atoms with E-state index in [9.17, 15) is 0 Å². The van der Waals surface area contributed by atoms with Gasteiger partial charge in [-0.25, -0.2) is 0 Å². The minimum Gasteiger partial charge on any atom is -0.493 e. The Bertz CT molecular complexity index is 548. The average molecular weight is 283 g/mol. The summed E-state index contributed by atoms with van der Waals surface area (Å²) in [6, 6.07) is 11.8. The zero-order valence-electron chi connectivity index (χ0n) is 12.1. The average Bonchev–Trinajstić information content (AvgIpc) is 2.56. The van der Waals surface area contributed by atoms with Gasteiger partial charge < -0.3 is 15.4 Å². The largest absolute Gasteiger partial charge is 0.493 e. The van der Waals surface area contributed by atoms with Crippen LogP contribution in [0.3, 0.4) is 0 Å². The van der Waals surface area contributed by atoms with E-state index in [0.29, 0.717) is 5.92 Å². The predicted octanol–water partition coefficient (Wildman–Crippen LogP) is 2.96. The lowest BCUT2D eigenvalue weighted by molar-refractivity contribution is 0.223. The first-order valence-electron chi connectivity index (χ1n) is 7.44. The second-order valence-electron chi connectivity index (χ2n) is 5.52. The molecule has 0 unspecified atom stereocenters. The van der Waals surface area contributed by atoms with E-state index in [-0.39, 0.29) is 0 Å². The summed E-state index contributed by atoms with van der Waals surface area (Å²) in [7, 11) is 0. The van der Waals surface area contributed by atoms with Crippen LogP contribution in [0.1, 0.15) is 12.8 Å². The number of piperidine rings is 1. The second-order valence-corrected chi connectivity index (χ2v) is 5.52. The van der Waals surface area contributed by atoms with Crippen molar-refractivity contribution in [1.29, 1.82) is 0 Å². The number of hydrogen-bond donors (Lipinski definition) is 1.